The Labute approximate surface area is 97.0 Å². The van der Waals surface area contributed by atoms with Gasteiger partial charge in [-0.05, 0) is 30.9 Å². The molecule has 2 N–H and O–H groups in total. The number of nitrogens with two attached hydrogens (primary N) is 1. The van der Waals surface area contributed by atoms with Crippen molar-refractivity contribution in [3.05, 3.63) is 24.0 Å². The van der Waals surface area contributed by atoms with Gasteiger partial charge < -0.3 is 10.5 Å². The van der Waals surface area contributed by atoms with Crippen LogP contribution < -0.4 is 10.5 Å². The van der Waals surface area contributed by atoms with Crippen molar-refractivity contribution in [2.45, 2.75) is 38.6 Å². The predicted octanol–water partition coefficient (Wildman–Crippen LogP) is 2.50. The van der Waals surface area contributed by atoms with Crippen molar-refractivity contribution in [3.8, 4) is 5.75 Å². The van der Waals surface area contributed by atoms with E-state index in [1.807, 2.05) is 12.1 Å². The number of nitrogens with zero attached hydrogens (tertiary/aromatic N) is 1. The molecule has 16 heavy (non-hydrogen) atoms. The van der Waals surface area contributed by atoms with Crippen molar-refractivity contribution < 1.29 is 4.74 Å². The van der Waals surface area contributed by atoms with E-state index in [1.54, 1.807) is 6.20 Å². The lowest BCUT2D eigenvalue weighted by atomic mass is 9.90. The van der Waals surface area contributed by atoms with E-state index in [1.165, 1.54) is 32.1 Å². The second-order valence-electron chi connectivity index (χ2n) is 4.47. The van der Waals surface area contributed by atoms with E-state index in [0.717, 1.165) is 24.0 Å². The fourth-order valence-corrected chi connectivity index (χ4v) is 2.27. The van der Waals surface area contributed by atoms with E-state index in [-0.39, 0.29) is 0 Å². The maximum atomic E-state index is 5.82. The summed E-state index contributed by atoms with van der Waals surface area (Å²) in [5, 5.41) is 0. The largest absolute Gasteiger partial charge is 0.491 e. The summed E-state index contributed by atoms with van der Waals surface area (Å²) in [4.78, 5) is 4.21. The van der Waals surface area contributed by atoms with Crippen LogP contribution in [0.1, 0.15) is 37.8 Å². The van der Waals surface area contributed by atoms with Gasteiger partial charge in [0.15, 0.2) is 0 Å². The molecule has 1 aromatic heterocycles. The first kappa shape index (κ1) is 11.4. The van der Waals surface area contributed by atoms with Crippen LogP contribution in [0.4, 0.5) is 0 Å². The van der Waals surface area contributed by atoms with Crippen molar-refractivity contribution in [2.24, 2.45) is 11.7 Å². The second-order valence-corrected chi connectivity index (χ2v) is 4.47. The Balaban J connectivity index is 1.88. The highest BCUT2D eigenvalue weighted by Gasteiger charge is 2.14. The van der Waals surface area contributed by atoms with Gasteiger partial charge in [0.05, 0.1) is 12.3 Å². The molecule has 0 bridgehead atoms. The van der Waals surface area contributed by atoms with Crippen LogP contribution in [0.25, 0.3) is 0 Å². The molecular formula is C13H20N2O. The average Bonchev–Trinajstić information content (AvgIpc) is 2.38. The van der Waals surface area contributed by atoms with E-state index in [9.17, 15) is 0 Å². The predicted molar refractivity (Wildman–Crippen MR) is 64.2 cm³/mol. The van der Waals surface area contributed by atoms with Gasteiger partial charge in [-0.3, -0.25) is 4.98 Å². The zero-order chi connectivity index (χ0) is 11.2. The Morgan fingerprint density at radius 3 is 2.88 bits per heavy atom. The number of aromatic nitrogens is 1. The van der Waals surface area contributed by atoms with Crippen LogP contribution in [0.3, 0.4) is 0 Å². The Morgan fingerprint density at radius 2 is 2.12 bits per heavy atom. The van der Waals surface area contributed by atoms with Crippen LogP contribution in [0, 0.1) is 5.92 Å². The van der Waals surface area contributed by atoms with E-state index < -0.39 is 0 Å². The fraction of sp³-hybridized carbons (Fsp3) is 0.615. The van der Waals surface area contributed by atoms with Gasteiger partial charge in [-0.1, -0.05) is 19.3 Å². The van der Waals surface area contributed by atoms with Crippen molar-refractivity contribution in [2.75, 3.05) is 6.61 Å². The summed E-state index contributed by atoms with van der Waals surface area (Å²) < 4.78 is 5.82. The molecule has 1 aliphatic carbocycles. The van der Waals surface area contributed by atoms with E-state index in [2.05, 4.69) is 4.98 Å². The molecule has 0 unspecified atom stereocenters. The Hall–Kier alpha value is -1.09. The lowest BCUT2D eigenvalue weighted by Crippen LogP contribution is -2.16. The maximum absolute atomic E-state index is 5.82. The number of hydrogen-bond donors (Lipinski definition) is 1. The molecular weight excluding hydrogens is 200 g/mol. The molecule has 3 heteroatoms. The fourth-order valence-electron chi connectivity index (χ4n) is 2.27. The van der Waals surface area contributed by atoms with Gasteiger partial charge in [0.25, 0.3) is 0 Å². The highest BCUT2D eigenvalue weighted by atomic mass is 16.5. The highest BCUT2D eigenvalue weighted by molar-refractivity contribution is 5.26. The van der Waals surface area contributed by atoms with Crippen LogP contribution in [0.15, 0.2) is 18.3 Å². The number of ether oxygens (including phenoxy) is 1. The Bertz CT molecular complexity index is 321. The molecule has 3 nitrogen and oxygen atoms in total. The molecule has 2 rings (SSSR count). The number of pyridine rings is 1. The molecule has 0 spiro atoms. The quantitative estimate of drug-likeness (QED) is 0.848. The van der Waals surface area contributed by atoms with E-state index in [0.29, 0.717) is 6.54 Å². The molecule has 1 fully saturated rings. The molecule has 1 aliphatic rings. The van der Waals surface area contributed by atoms with Gasteiger partial charge in [-0.2, -0.15) is 0 Å². The first-order valence-corrected chi connectivity index (χ1v) is 6.17. The lowest BCUT2D eigenvalue weighted by molar-refractivity contribution is 0.206. The zero-order valence-corrected chi connectivity index (χ0v) is 9.69. The Morgan fingerprint density at radius 1 is 1.31 bits per heavy atom. The third-order valence-electron chi connectivity index (χ3n) is 3.24. The van der Waals surface area contributed by atoms with Crippen LogP contribution in [-0.4, -0.2) is 11.6 Å². The molecule has 0 atom stereocenters. The summed E-state index contributed by atoms with van der Waals surface area (Å²) >= 11 is 0. The zero-order valence-electron chi connectivity index (χ0n) is 9.69. The molecule has 0 saturated heterocycles. The summed E-state index contributed by atoms with van der Waals surface area (Å²) in [6.07, 6.45) is 8.46. The normalized spacial score (nSPS) is 17.3. The lowest BCUT2D eigenvalue weighted by Gasteiger charge is -2.22. The second kappa shape index (κ2) is 5.85. The molecule has 88 valence electrons. The van der Waals surface area contributed by atoms with Gasteiger partial charge >= 0.3 is 0 Å². The van der Waals surface area contributed by atoms with Crippen LogP contribution in [-0.2, 0) is 6.54 Å². The number of rotatable bonds is 4. The summed E-state index contributed by atoms with van der Waals surface area (Å²) in [5.74, 6) is 1.58. The van der Waals surface area contributed by atoms with Gasteiger partial charge in [0.1, 0.15) is 5.75 Å². The van der Waals surface area contributed by atoms with E-state index >= 15 is 0 Å². The smallest absolute Gasteiger partial charge is 0.142 e. The summed E-state index contributed by atoms with van der Waals surface area (Å²) in [6.45, 7) is 1.26. The minimum atomic E-state index is 0.445. The van der Waals surface area contributed by atoms with Crippen LogP contribution in [0.2, 0.25) is 0 Å². The molecule has 1 heterocycles. The van der Waals surface area contributed by atoms with Gasteiger partial charge in [0, 0.05) is 12.7 Å². The topological polar surface area (TPSA) is 48.1 Å². The monoisotopic (exact) mass is 220 g/mol. The third kappa shape index (κ3) is 2.95. The highest BCUT2D eigenvalue weighted by Crippen LogP contribution is 2.25. The van der Waals surface area contributed by atoms with E-state index in [4.69, 9.17) is 10.5 Å². The minimum Gasteiger partial charge on any atom is -0.491 e. The van der Waals surface area contributed by atoms with Crippen molar-refractivity contribution >= 4 is 0 Å². The first-order valence-electron chi connectivity index (χ1n) is 6.17. The summed E-state index contributed by atoms with van der Waals surface area (Å²) in [7, 11) is 0. The molecule has 0 radical (unpaired) electrons. The molecule has 1 saturated carbocycles. The summed E-state index contributed by atoms with van der Waals surface area (Å²) in [5.41, 5.74) is 6.48. The first-order chi connectivity index (χ1) is 7.90. The van der Waals surface area contributed by atoms with Crippen molar-refractivity contribution in [1.29, 1.82) is 0 Å². The van der Waals surface area contributed by atoms with Crippen molar-refractivity contribution in [3.63, 3.8) is 0 Å². The minimum absolute atomic E-state index is 0.445. The van der Waals surface area contributed by atoms with Gasteiger partial charge in [0.2, 0.25) is 0 Å². The molecule has 0 amide bonds. The molecule has 0 aliphatic heterocycles. The average molecular weight is 220 g/mol. The standard InChI is InChI=1S/C13H20N2O/c14-9-12-13(7-4-8-15-12)16-10-11-5-2-1-3-6-11/h4,7-8,11H,1-3,5-6,9-10,14H2. The third-order valence-corrected chi connectivity index (χ3v) is 3.24. The SMILES string of the molecule is NCc1ncccc1OCC1CCCCC1. The number of hydrogen-bond acceptors (Lipinski definition) is 3. The molecule has 0 aromatic carbocycles. The van der Waals surface area contributed by atoms with Gasteiger partial charge in [-0.25, -0.2) is 0 Å². The van der Waals surface area contributed by atoms with Crippen LogP contribution >= 0.6 is 0 Å². The Kier molecular flexibility index (Phi) is 4.17. The maximum Gasteiger partial charge on any atom is 0.142 e. The van der Waals surface area contributed by atoms with Crippen LogP contribution in [0.5, 0.6) is 5.75 Å². The summed E-state index contributed by atoms with van der Waals surface area (Å²) in [6, 6.07) is 3.85. The van der Waals surface area contributed by atoms with Gasteiger partial charge in [-0.15, -0.1) is 0 Å². The van der Waals surface area contributed by atoms with Crippen molar-refractivity contribution in [1.82, 2.24) is 4.98 Å². The molecule has 1 aromatic rings.